The van der Waals surface area contributed by atoms with Gasteiger partial charge >= 0.3 is 0 Å². The maximum Gasteiger partial charge on any atom is 0.261 e. The fourth-order valence-electron chi connectivity index (χ4n) is 2.91. The topological polar surface area (TPSA) is 67.4 Å². The Kier molecular flexibility index (Phi) is 4.73. The molecule has 2 N–H and O–H groups in total. The van der Waals surface area contributed by atoms with E-state index >= 15 is 0 Å². The minimum absolute atomic E-state index is 0.0469. The molecule has 136 valence electrons. The number of rotatable bonds is 4. The molecule has 1 aliphatic heterocycles. The first-order chi connectivity index (χ1) is 12.3. The van der Waals surface area contributed by atoms with Crippen LogP contribution in [0.4, 0.5) is 20.2 Å². The molecule has 0 aromatic heterocycles. The molecule has 7 heteroatoms. The van der Waals surface area contributed by atoms with Crippen LogP contribution in [0.5, 0.6) is 0 Å². The zero-order chi connectivity index (χ0) is 18.9. The summed E-state index contributed by atoms with van der Waals surface area (Å²) in [5, 5.41) is 5.06. The molecule has 0 radical (unpaired) electrons. The second-order valence-electron chi connectivity index (χ2n) is 6.21. The molecule has 2 amide bonds. The van der Waals surface area contributed by atoms with Gasteiger partial charge in [0.15, 0.2) is 5.60 Å². The molecular weight excluding hydrogens is 342 g/mol. The van der Waals surface area contributed by atoms with Gasteiger partial charge in [-0.1, -0.05) is 18.2 Å². The quantitative estimate of drug-likeness (QED) is 0.879. The Hall–Kier alpha value is -2.80. The lowest BCUT2D eigenvalue weighted by Gasteiger charge is -2.28. The summed E-state index contributed by atoms with van der Waals surface area (Å²) in [5.41, 5.74) is -0.538. The van der Waals surface area contributed by atoms with Crippen LogP contribution in [-0.2, 0) is 26.3 Å². The van der Waals surface area contributed by atoms with Crippen molar-refractivity contribution < 1.29 is 23.1 Å². The summed E-state index contributed by atoms with van der Waals surface area (Å²) in [7, 11) is 1.28. The molecule has 0 unspecified atom stereocenters. The van der Waals surface area contributed by atoms with Crippen LogP contribution in [-0.4, -0.2) is 18.9 Å². The zero-order valence-electron chi connectivity index (χ0n) is 14.4. The summed E-state index contributed by atoms with van der Waals surface area (Å²) in [5.74, 6) is -2.18. The smallest absolute Gasteiger partial charge is 0.261 e. The molecule has 0 aliphatic carbocycles. The number of nitrogens with one attached hydrogen (secondary N) is 2. The van der Waals surface area contributed by atoms with Gasteiger partial charge in [0.2, 0.25) is 5.91 Å². The van der Waals surface area contributed by atoms with Crippen molar-refractivity contribution in [2.24, 2.45) is 0 Å². The van der Waals surface area contributed by atoms with Gasteiger partial charge in [-0.05, 0) is 37.1 Å². The van der Waals surface area contributed by atoms with Crippen LogP contribution >= 0.6 is 0 Å². The zero-order valence-corrected chi connectivity index (χ0v) is 14.4. The molecule has 0 bridgehead atoms. The third-order valence-electron chi connectivity index (χ3n) is 4.57. The number of carbonyl (C=O) groups excluding carboxylic acids is 2. The second kappa shape index (κ2) is 6.84. The average Bonchev–Trinajstić information content (AvgIpc) is 2.62. The van der Waals surface area contributed by atoms with Crippen molar-refractivity contribution in [3.8, 4) is 0 Å². The summed E-state index contributed by atoms with van der Waals surface area (Å²) < 4.78 is 33.8. The Morgan fingerprint density at radius 1 is 1.19 bits per heavy atom. The molecule has 26 heavy (non-hydrogen) atoms. The Bertz CT molecular complexity index is 885. The van der Waals surface area contributed by atoms with Crippen molar-refractivity contribution in [2.75, 3.05) is 17.7 Å². The highest BCUT2D eigenvalue weighted by Gasteiger charge is 2.38. The van der Waals surface area contributed by atoms with Gasteiger partial charge < -0.3 is 15.4 Å². The Morgan fingerprint density at radius 3 is 2.62 bits per heavy atom. The van der Waals surface area contributed by atoms with Crippen molar-refractivity contribution in [1.29, 1.82) is 0 Å². The first-order valence-electron chi connectivity index (χ1n) is 8.09. The maximum absolute atomic E-state index is 14.4. The van der Waals surface area contributed by atoms with E-state index in [9.17, 15) is 18.4 Å². The van der Waals surface area contributed by atoms with Crippen LogP contribution in [0, 0.1) is 11.6 Å². The van der Waals surface area contributed by atoms with Crippen molar-refractivity contribution in [1.82, 2.24) is 0 Å². The summed E-state index contributed by atoms with van der Waals surface area (Å²) in [6, 6.07) is 8.39. The summed E-state index contributed by atoms with van der Waals surface area (Å²) in [4.78, 5) is 24.2. The van der Waals surface area contributed by atoms with E-state index in [0.717, 1.165) is 6.07 Å². The van der Waals surface area contributed by atoms with E-state index in [-0.39, 0.29) is 23.6 Å². The molecule has 0 saturated carbocycles. The molecule has 3 rings (SSSR count). The molecule has 1 aliphatic rings. The van der Waals surface area contributed by atoms with Crippen molar-refractivity contribution in [2.45, 2.75) is 25.4 Å². The molecule has 1 atom stereocenters. The van der Waals surface area contributed by atoms with E-state index in [1.807, 2.05) is 0 Å². The maximum atomic E-state index is 14.4. The number of anilines is 2. The molecule has 0 fully saturated rings. The minimum Gasteiger partial charge on any atom is -0.364 e. The SMILES string of the molecule is CO[C@@](C)(C(=O)Nc1cc2c(cc1F)NC(=O)CC2)c1ccccc1F. The van der Waals surface area contributed by atoms with Gasteiger partial charge in [-0.2, -0.15) is 0 Å². The van der Waals surface area contributed by atoms with E-state index in [1.165, 1.54) is 38.3 Å². The van der Waals surface area contributed by atoms with Gasteiger partial charge in [-0.3, -0.25) is 9.59 Å². The molecule has 0 saturated heterocycles. The van der Waals surface area contributed by atoms with Gasteiger partial charge in [0.25, 0.3) is 5.91 Å². The molecule has 2 aromatic rings. The van der Waals surface area contributed by atoms with Gasteiger partial charge in [0.1, 0.15) is 11.6 Å². The number of carbonyl (C=O) groups is 2. The lowest BCUT2D eigenvalue weighted by molar-refractivity contribution is -0.137. The van der Waals surface area contributed by atoms with Crippen LogP contribution < -0.4 is 10.6 Å². The molecular formula is C19H18F2N2O3. The van der Waals surface area contributed by atoms with E-state index in [0.29, 0.717) is 17.7 Å². The molecule has 1 heterocycles. The number of aryl methyl sites for hydroxylation is 1. The Balaban J connectivity index is 1.92. The number of methoxy groups -OCH3 is 1. The van der Waals surface area contributed by atoms with E-state index in [2.05, 4.69) is 10.6 Å². The fourth-order valence-corrected chi connectivity index (χ4v) is 2.91. The van der Waals surface area contributed by atoms with Gasteiger partial charge in [0, 0.05) is 24.8 Å². The number of hydrogen-bond acceptors (Lipinski definition) is 3. The first kappa shape index (κ1) is 18.0. The third-order valence-corrected chi connectivity index (χ3v) is 4.57. The van der Waals surface area contributed by atoms with Crippen LogP contribution in [0.15, 0.2) is 36.4 Å². The molecule has 2 aromatic carbocycles. The van der Waals surface area contributed by atoms with Crippen molar-refractivity contribution >= 4 is 23.2 Å². The minimum atomic E-state index is -1.64. The predicted octanol–water partition coefficient (Wildman–Crippen LogP) is 3.35. The molecule has 5 nitrogen and oxygen atoms in total. The lowest BCUT2D eigenvalue weighted by Crippen LogP contribution is -2.40. The van der Waals surface area contributed by atoms with Crippen LogP contribution in [0.25, 0.3) is 0 Å². The Labute approximate surface area is 149 Å². The number of fused-ring (bicyclic) bond motifs is 1. The third kappa shape index (κ3) is 3.17. The number of halogens is 2. The summed E-state index contributed by atoms with van der Waals surface area (Å²) in [6.07, 6.45) is 0.732. The highest BCUT2D eigenvalue weighted by atomic mass is 19.1. The van der Waals surface area contributed by atoms with Crippen LogP contribution in [0.2, 0.25) is 0 Å². The number of amides is 2. The van der Waals surface area contributed by atoms with E-state index in [1.54, 1.807) is 6.07 Å². The largest absolute Gasteiger partial charge is 0.364 e. The lowest BCUT2D eigenvalue weighted by atomic mass is 9.93. The second-order valence-corrected chi connectivity index (χ2v) is 6.21. The number of benzene rings is 2. The fraction of sp³-hybridized carbons (Fsp3) is 0.263. The number of hydrogen-bond donors (Lipinski definition) is 2. The van der Waals surface area contributed by atoms with Gasteiger partial charge in [-0.15, -0.1) is 0 Å². The highest BCUT2D eigenvalue weighted by Crippen LogP contribution is 2.32. The van der Waals surface area contributed by atoms with Gasteiger partial charge in [-0.25, -0.2) is 8.78 Å². The first-order valence-corrected chi connectivity index (χ1v) is 8.09. The number of ether oxygens (including phenoxy) is 1. The van der Waals surface area contributed by atoms with Gasteiger partial charge in [0.05, 0.1) is 5.69 Å². The van der Waals surface area contributed by atoms with Crippen LogP contribution in [0.1, 0.15) is 24.5 Å². The average molecular weight is 360 g/mol. The highest BCUT2D eigenvalue weighted by molar-refractivity contribution is 5.99. The van der Waals surface area contributed by atoms with Crippen molar-refractivity contribution in [3.05, 3.63) is 59.2 Å². The van der Waals surface area contributed by atoms with Crippen molar-refractivity contribution in [3.63, 3.8) is 0 Å². The summed E-state index contributed by atoms with van der Waals surface area (Å²) in [6.45, 7) is 1.41. The van der Waals surface area contributed by atoms with Crippen LogP contribution in [0.3, 0.4) is 0 Å². The Morgan fingerprint density at radius 2 is 1.92 bits per heavy atom. The normalized spacial score (nSPS) is 15.6. The summed E-state index contributed by atoms with van der Waals surface area (Å²) >= 11 is 0. The van der Waals surface area contributed by atoms with E-state index in [4.69, 9.17) is 4.74 Å². The standard InChI is InChI=1S/C19H18F2N2O3/c1-19(26-2,12-5-3-4-6-13(12)20)18(25)23-16-9-11-7-8-17(24)22-15(11)10-14(16)21/h3-6,9-10H,7-8H2,1-2H3,(H,22,24)(H,23,25)/t19-/m1/s1. The molecule has 0 spiro atoms. The monoisotopic (exact) mass is 360 g/mol. The predicted molar refractivity (Wildman–Crippen MR) is 92.7 cm³/mol. The van der Waals surface area contributed by atoms with E-state index < -0.39 is 23.1 Å².